The summed E-state index contributed by atoms with van der Waals surface area (Å²) in [6.07, 6.45) is 0. The third kappa shape index (κ3) is 4.89. The number of hydrogen-bond acceptors (Lipinski definition) is 3. The fraction of sp³-hybridized carbons (Fsp3) is 0.0952. The molecule has 0 aromatic heterocycles. The first-order chi connectivity index (χ1) is 13.1. The highest BCUT2D eigenvalue weighted by Gasteiger charge is 2.13. The van der Waals surface area contributed by atoms with Gasteiger partial charge in [-0.1, -0.05) is 36.4 Å². The van der Waals surface area contributed by atoms with E-state index in [1.807, 2.05) is 30.3 Å². The van der Waals surface area contributed by atoms with Crippen molar-refractivity contribution < 1.29 is 23.1 Å². The molecule has 4 nitrogen and oxygen atoms in total. The van der Waals surface area contributed by atoms with Gasteiger partial charge in [0.2, 0.25) is 0 Å². The first-order valence-corrected chi connectivity index (χ1v) is 8.29. The summed E-state index contributed by atoms with van der Waals surface area (Å²) in [5.41, 5.74) is 2.60. The van der Waals surface area contributed by atoms with Gasteiger partial charge in [0, 0.05) is 5.56 Å². The molecular formula is C21H17F2NO3. The summed E-state index contributed by atoms with van der Waals surface area (Å²) >= 11 is 0. The van der Waals surface area contributed by atoms with Gasteiger partial charge in [-0.05, 0) is 42.0 Å². The minimum absolute atomic E-state index is 0.141. The summed E-state index contributed by atoms with van der Waals surface area (Å²) in [5.74, 6) is -1.20. The summed E-state index contributed by atoms with van der Waals surface area (Å²) in [5, 5.41) is 0. The quantitative estimate of drug-likeness (QED) is 0.497. The predicted octanol–water partition coefficient (Wildman–Crippen LogP) is 4.37. The van der Waals surface area contributed by atoms with E-state index in [1.165, 1.54) is 36.4 Å². The van der Waals surface area contributed by atoms with Crippen molar-refractivity contribution >= 4 is 5.91 Å². The molecule has 0 bridgehead atoms. The molecule has 0 aliphatic heterocycles. The van der Waals surface area contributed by atoms with Gasteiger partial charge in [-0.25, -0.2) is 14.3 Å². The van der Waals surface area contributed by atoms with Crippen molar-refractivity contribution in [2.75, 3.05) is 13.2 Å². The molecule has 0 unspecified atom stereocenters. The maximum Gasteiger partial charge on any atom is 0.274 e. The topological polar surface area (TPSA) is 47.6 Å². The molecule has 3 rings (SSSR count). The fourth-order valence-electron chi connectivity index (χ4n) is 2.48. The van der Waals surface area contributed by atoms with Crippen molar-refractivity contribution in [3.63, 3.8) is 0 Å². The van der Waals surface area contributed by atoms with Crippen LogP contribution < -0.4 is 10.2 Å². The molecule has 1 N–H and O–H groups in total. The molecule has 0 heterocycles. The van der Waals surface area contributed by atoms with E-state index in [9.17, 15) is 13.6 Å². The number of para-hydroxylation sites is 1. The number of benzene rings is 3. The maximum atomic E-state index is 13.9. The summed E-state index contributed by atoms with van der Waals surface area (Å²) in [4.78, 5) is 17.3. The number of hydrogen-bond donors (Lipinski definition) is 1. The molecule has 0 fully saturated rings. The Morgan fingerprint density at radius 1 is 0.852 bits per heavy atom. The van der Waals surface area contributed by atoms with E-state index >= 15 is 0 Å². The van der Waals surface area contributed by atoms with Crippen molar-refractivity contribution in [1.29, 1.82) is 0 Å². The first-order valence-electron chi connectivity index (χ1n) is 8.29. The standard InChI is InChI=1S/C21H17F2NO3/c22-18-10-5-11-19(23)20(18)15-6-4-7-16(14-15)21(25)24-27-13-12-26-17-8-2-1-3-9-17/h1-11,14H,12-13H2,(H,24,25). The highest BCUT2D eigenvalue weighted by molar-refractivity contribution is 5.94. The average Bonchev–Trinajstić information content (AvgIpc) is 2.68. The van der Waals surface area contributed by atoms with E-state index < -0.39 is 17.5 Å². The third-order valence-electron chi connectivity index (χ3n) is 3.74. The molecule has 1 amide bonds. The Kier molecular flexibility index (Phi) is 6.12. The van der Waals surface area contributed by atoms with Crippen LogP contribution in [0.25, 0.3) is 11.1 Å². The maximum absolute atomic E-state index is 13.9. The zero-order valence-electron chi connectivity index (χ0n) is 14.3. The molecular weight excluding hydrogens is 352 g/mol. The van der Waals surface area contributed by atoms with Crippen LogP contribution in [0.15, 0.2) is 72.8 Å². The molecule has 0 radical (unpaired) electrons. The Labute approximate surface area is 155 Å². The third-order valence-corrected chi connectivity index (χ3v) is 3.74. The second-order valence-corrected chi connectivity index (χ2v) is 5.62. The lowest BCUT2D eigenvalue weighted by molar-refractivity contribution is 0.0200. The Balaban J connectivity index is 1.56. The molecule has 6 heteroatoms. The van der Waals surface area contributed by atoms with E-state index in [0.717, 1.165) is 0 Å². The molecule has 0 atom stereocenters. The number of ether oxygens (including phenoxy) is 1. The Morgan fingerprint density at radius 2 is 1.56 bits per heavy atom. The molecule has 0 spiro atoms. The van der Waals surface area contributed by atoms with Gasteiger partial charge in [0.15, 0.2) is 0 Å². The predicted molar refractivity (Wildman–Crippen MR) is 97.1 cm³/mol. The summed E-state index contributed by atoms with van der Waals surface area (Å²) in [7, 11) is 0. The number of nitrogens with one attached hydrogen (secondary N) is 1. The van der Waals surface area contributed by atoms with Gasteiger partial charge < -0.3 is 4.74 Å². The second-order valence-electron chi connectivity index (χ2n) is 5.62. The van der Waals surface area contributed by atoms with Crippen molar-refractivity contribution in [3.05, 3.63) is 90.0 Å². The minimum atomic E-state index is -0.693. The van der Waals surface area contributed by atoms with Crippen LogP contribution in [0.3, 0.4) is 0 Å². The number of halogens is 2. The van der Waals surface area contributed by atoms with Crippen LogP contribution in [-0.2, 0) is 4.84 Å². The molecule has 3 aromatic rings. The lowest BCUT2D eigenvalue weighted by Crippen LogP contribution is -2.26. The monoisotopic (exact) mass is 369 g/mol. The zero-order valence-corrected chi connectivity index (χ0v) is 14.3. The molecule has 0 aliphatic carbocycles. The molecule has 27 heavy (non-hydrogen) atoms. The van der Waals surface area contributed by atoms with Gasteiger partial charge in [-0.3, -0.25) is 9.63 Å². The lowest BCUT2D eigenvalue weighted by atomic mass is 10.0. The number of carbonyl (C=O) groups is 1. The zero-order chi connectivity index (χ0) is 19.1. The van der Waals surface area contributed by atoms with Crippen molar-refractivity contribution in [2.24, 2.45) is 0 Å². The van der Waals surface area contributed by atoms with E-state index in [2.05, 4.69) is 5.48 Å². The Hall–Kier alpha value is -3.25. The average molecular weight is 369 g/mol. The van der Waals surface area contributed by atoms with Gasteiger partial charge in [-0.2, -0.15) is 0 Å². The number of amides is 1. The van der Waals surface area contributed by atoms with Gasteiger partial charge in [0.1, 0.15) is 30.6 Å². The SMILES string of the molecule is O=C(NOCCOc1ccccc1)c1cccc(-c2c(F)cccc2F)c1. The number of rotatable bonds is 7. The van der Waals surface area contributed by atoms with Crippen molar-refractivity contribution in [3.8, 4) is 16.9 Å². The molecule has 0 saturated heterocycles. The highest BCUT2D eigenvalue weighted by atomic mass is 19.1. The van der Waals surface area contributed by atoms with Gasteiger partial charge in [0.25, 0.3) is 5.91 Å². The first kappa shape index (κ1) is 18.5. The van der Waals surface area contributed by atoms with E-state index in [4.69, 9.17) is 9.57 Å². The lowest BCUT2D eigenvalue weighted by Gasteiger charge is -2.09. The smallest absolute Gasteiger partial charge is 0.274 e. The molecule has 0 saturated carbocycles. The van der Waals surface area contributed by atoms with Gasteiger partial charge >= 0.3 is 0 Å². The minimum Gasteiger partial charge on any atom is -0.491 e. The van der Waals surface area contributed by atoms with Crippen LogP contribution in [-0.4, -0.2) is 19.1 Å². The van der Waals surface area contributed by atoms with Crippen molar-refractivity contribution in [2.45, 2.75) is 0 Å². The van der Waals surface area contributed by atoms with Crippen LogP contribution in [0.4, 0.5) is 8.78 Å². The van der Waals surface area contributed by atoms with Crippen LogP contribution >= 0.6 is 0 Å². The van der Waals surface area contributed by atoms with Gasteiger partial charge in [0.05, 0.1) is 5.56 Å². The summed E-state index contributed by atoms with van der Waals surface area (Å²) < 4.78 is 33.3. The van der Waals surface area contributed by atoms with Crippen LogP contribution in [0.2, 0.25) is 0 Å². The number of hydroxylamine groups is 1. The van der Waals surface area contributed by atoms with E-state index in [0.29, 0.717) is 5.75 Å². The van der Waals surface area contributed by atoms with Crippen LogP contribution in [0.5, 0.6) is 5.75 Å². The van der Waals surface area contributed by atoms with Gasteiger partial charge in [-0.15, -0.1) is 0 Å². The molecule has 3 aromatic carbocycles. The van der Waals surface area contributed by atoms with Crippen LogP contribution in [0.1, 0.15) is 10.4 Å². The fourth-order valence-corrected chi connectivity index (χ4v) is 2.48. The molecule has 0 aliphatic rings. The highest BCUT2D eigenvalue weighted by Crippen LogP contribution is 2.26. The Morgan fingerprint density at radius 3 is 2.30 bits per heavy atom. The number of carbonyl (C=O) groups excluding carboxylic acids is 1. The largest absolute Gasteiger partial charge is 0.491 e. The second kappa shape index (κ2) is 8.91. The van der Waals surface area contributed by atoms with E-state index in [-0.39, 0.29) is 29.9 Å². The normalized spacial score (nSPS) is 10.4. The van der Waals surface area contributed by atoms with E-state index in [1.54, 1.807) is 6.07 Å². The summed E-state index contributed by atoms with van der Waals surface area (Å²) in [6.45, 7) is 0.396. The summed E-state index contributed by atoms with van der Waals surface area (Å²) in [6, 6.07) is 18.8. The van der Waals surface area contributed by atoms with Crippen molar-refractivity contribution in [1.82, 2.24) is 5.48 Å². The molecule has 138 valence electrons. The van der Waals surface area contributed by atoms with Crippen LogP contribution in [0, 0.1) is 11.6 Å². The Bertz CT molecular complexity index is 896.